The Morgan fingerprint density at radius 1 is 1.46 bits per heavy atom. The van der Waals surface area contributed by atoms with Crippen LogP contribution in [0.5, 0.6) is 0 Å². The van der Waals surface area contributed by atoms with Crippen LogP contribution in [0, 0.1) is 0 Å². The van der Waals surface area contributed by atoms with Gasteiger partial charge >= 0.3 is 0 Å². The molecule has 70 valence electrons. The van der Waals surface area contributed by atoms with Crippen molar-refractivity contribution < 1.29 is 0 Å². The number of hydrogen-bond donors (Lipinski definition) is 0. The van der Waals surface area contributed by atoms with Crippen molar-refractivity contribution in [1.29, 1.82) is 0 Å². The summed E-state index contributed by atoms with van der Waals surface area (Å²) in [6.45, 7) is 4.58. The monoisotopic (exact) mass is 287 g/mol. The summed E-state index contributed by atoms with van der Waals surface area (Å²) in [5, 5.41) is 0. The van der Waals surface area contributed by atoms with E-state index in [4.69, 9.17) is 0 Å². The largest absolute Gasteiger partial charge is 0.243 e. The van der Waals surface area contributed by atoms with Gasteiger partial charge in [0.05, 0.1) is 0 Å². The van der Waals surface area contributed by atoms with Gasteiger partial charge in [0.25, 0.3) is 0 Å². The Hall–Kier alpha value is -0.0900. The van der Waals surface area contributed by atoms with E-state index in [1.807, 2.05) is 0 Å². The Labute approximate surface area is 93.6 Å². The first-order valence-electron chi connectivity index (χ1n) is 4.79. The zero-order valence-electron chi connectivity index (χ0n) is 7.83. The van der Waals surface area contributed by atoms with Crippen LogP contribution in [0.4, 0.5) is 0 Å². The van der Waals surface area contributed by atoms with Crippen LogP contribution in [0.2, 0.25) is 0 Å². The Kier molecular flexibility index (Phi) is 2.89. The fraction of sp³-hybridized carbons (Fsp3) is 0.455. The summed E-state index contributed by atoms with van der Waals surface area (Å²) in [5.74, 6) is 0.738. The summed E-state index contributed by atoms with van der Waals surface area (Å²) in [6.07, 6.45) is 1.25. The van der Waals surface area contributed by atoms with Gasteiger partial charge in [-0.25, -0.2) is 3.11 Å². The average molecular weight is 287 g/mol. The number of fused-ring (bicyclic) bond motifs is 1. The van der Waals surface area contributed by atoms with E-state index >= 15 is 0 Å². The standard InChI is InChI=1S/C11H14IN/c1-2-9-7-13(12)8-10-5-3-4-6-11(9)10/h3-6,9H,2,7-8H2,1H3/t9-/m0/s1. The van der Waals surface area contributed by atoms with Crippen LogP contribution < -0.4 is 0 Å². The number of rotatable bonds is 1. The molecule has 0 saturated carbocycles. The highest BCUT2D eigenvalue weighted by Crippen LogP contribution is 2.31. The Morgan fingerprint density at radius 3 is 3.00 bits per heavy atom. The van der Waals surface area contributed by atoms with E-state index in [1.54, 1.807) is 5.56 Å². The van der Waals surface area contributed by atoms with Gasteiger partial charge in [-0.15, -0.1) is 0 Å². The Morgan fingerprint density at radius 2 is 2.23 bits per heavy atom. The molecule has 0 aromatic heterocycles. The lowest BCUT2D eigenvalue weighted by atomic mass is 9.89. The third-order valence-corrected chi connectivity index (χ3v) is 3.48. The highest BCUT2D eigenvalue weighted by atomic mass is 127. The lowest BCUT2D eigenvalue weighted by Crippen LogP contribution is -2.25. The summed E-state index contributed by atoms with van der Waals surface area (Å²) >= 11 is 2.43. The summed E-state index contributed by atoms with van der Waals surface area (Å²) in [5.41, 5.74) is 3.08. The SMILES string of the molecule is CC[C@H]1CN(I)Cc2ccccc21. The normalized spacial score (nSPS) is 22.8. The number of nitrogens with zero attached hydrogens (tertiary/aromatic N) is 1. The average Bonchev–Trinajstić information content (AvgIpc) is 2.16. The molecule has 1 aromatic carbocycles. The van der Waals surface area contributed by atoms with Crippen molar-refractivity contribution in [3.8, 4) is 0 Å². The van der Waals surface area contributed by atoms with Crippen LogP contribution in [-0.4, -0.2) is 9.66 Å². The van der Waals surface area contributed by atoms with Crippen LogP contribution in [0.15, 0.2) is 24.3 Å². The molecule has 0 N–H and O–H groups in total. The number of benzene rings is 1. The van der Waals surface area contributed by atoms with Gasteiger partial charge in [-0.3, -0.25) is 0 Å². The van der Waals surface area contributed by atoms with Gasteiger partial charge in [-0.05, 0) is 23.5 Å². The van der Waals surface area contributed by atoms with Crippen LogP contribution in [0.25, 0.3) is 0 Å². The molecule has 0 amide bonds. The third kappa shape index (κ3) is 1.89. The van der Waals surface area contributed by atoms with Gasteiger partial charge in [0, 0.05) is 36.0 Å². The maximum absolute atomic E-state index is 2.43. The van der Waals surface area contributed by atoms with E-state index in [0.717, 1.165) is 12.5 Å². The highest BCUT2D eigenvalue weighted by molar-refractivity contribution is 14.1. The predicted octanol–water partition coefficient (Wildman–Crippen LogP) is 3.35. The summed E-state index contributed by atoms with van der Waals surface area (Å²) in [7, 11) is 0. The molecule has 0 aliphatic carbocycles. The quantitative estimate of drug-likeness (QED) is 0.565. The summed E-state index contributed by atoms with van der Waals surface area (Å²) in [4.78, 5) is 0. The molecule has 1 nitrogen and oxygen atoms in total. The van der Waals surface area contributed by atoms with E-state index < -0.39 is 0 Å². The first kappa shape index (κ1) is 9.46. The minimum Gasteiger partial charge on any atom is -0.243 e. The van der Waals surface area contributed by atoms with Gasteiger partial charge in [0.2, 0.25) is 0 Å². The first-order valence-corrected chi connectivity index (χ1v) is 5.76. The molecule has 0 fully saturated rings. The lowest BCUT2D eigenvalue weighted by molar-refractivity contribution is 0.415. The molecule has 0 saturated heterocycles. The Balaban J connectivity index is 2.37. The third-order valence-electron chi connectivity index (χ3n) is 2.75. The minimum atomic E-state index is 0.738. The number of hydrogen-bond acceptors (Lipinski definition) is 1. The van der Waals surface area contributed by atoms with E-state index in [1.165, 1.54) is 18.5 Å². The van der Waals surface area contributed by atoms with Crippen molar-refractivity contribution >= 4 is 22.9 Å². The molecule has 0 radical (unpaired) electrons. The van der Waals surface area contributed by atoms with Gasteiger partial charge in [0.1, 0.15) is 0 Å². The van der Waals surface area contributed by atoms with Crippen molar-refractivity contribution in [1.82, 2.24) is 3.11 Å². The van der Waals surface area contributed by atoms with Gasteiger partial charge in [-0.2, -0.15) is 0 Å². The van der Waals surface area contributed by atoms with Crippen LogP contribution in [0.1, 0.15) is 30.4 Å². The molecule has 1 aliphatic heterocycles. The highest BCUT2D eigenvalue weighted by Gasteiger charge is 2.21. The fourth-order valence-corrected chi connectivity index (χ4v) is 2.86. The lowest BCUT2D eigenvalue weighted by Gasteiger charge is -2.30. The molecule has 2 heteroatoms. The maximum atomic E-state index is 2.43. The molecule has 1 aliphatic rings. The minimum absolute atomic E-state index is 0.738. The summed E-state index contributed by atoms with van der Waals surface area (Å²) in [6, 6.07) is 8.83. The molecule has 0 spiro atoms. The van der Waals surface area contributed by atoms with Gasteiger partial charge in [-0.1, -0.05) is 31.2 Å². The van der Waals surface area contributed by atoms with Crippen LogP contribution >= 0.6 is 22.9 Å². The van der Waals surface area contributed by atoms with Crippen molar-refractivity contribution in [3.05, 3.63) is 35.4 Å². The van der Waals surface area contributed by atoms with Gasteiger partial charge in [0.15, 0.2) is 0 Å². The van der Waals surface area contributed by atoms with Crippen molar-refractivity contribution in [2.24, 2.45) is 0 Å². The molecule has 0 unspecified atom stereocenters. The maximum Gasteiger partial charge on any atom is 0.0335 e. The van der Waals surface area contributed by atoms with Crippen LogP contribution in [0.3, 0.4) is 0 Å². The second-order valence-corrected chi connectivity index (χ2v) is 4.97. The molecular weight excluding hydrogens is 273 g/mol. The molecule has 2 rings (SSSR count). The topological polar surface area (TPSA) is 3.24 Å². The second-order valence-electron chi connectivity index (χ2n) is 3.61. The zero-order valence-corrected chi connectivity index (χ0v) is 9.99. The summed E-state index contributed by atoms with van der Waals surface area (Å²) < 4.78 is 2.38. The predicted molar refractivity (Wildman–Crippen MR) is 63.9 cm³/mol. The molecule has 13 heavy (non-hydrogen) atoms. The van der Waals surface area contributed by atoms with E-state index in [-0.39, 0.29) is 0 Å². The van der Waals surface area contributed by atoms with Crippen molar-refractivity contribution in [2.75, 3.05) is 6.54 Å². The van der Waals surface area contributed by atoms with E-state index in [0.29, 0.717) is 0 Å². The molecular formula is C11H14IN. The van der Waals surface area contributed by atoms with Crippen LogP contribution in [-0.2, 0) is 6.54 Å². The smallest absolute Gasteiger partial charge is 0.0335 e. The Bertz CT molecular complexity index is 298. The second kappa shape index (κ2) is 3.96. The molecule has 0 bridgehead atoms. The van der Waals surface area contributed by atoms with E-state index in [9.17, 15) is 0 Å². The van der Waals surface area contributed by atoms with Crippen molar-refractivity contribution in [3.63, 3.8) is 0 Å². The molecule has 1 atom stereocenters. The number of halogens is 1. The zero-order chi connectivity index (χ0) is 9.26. The molecule has 1 heterocycles. The van der Waals surface area contributed by atoms with Crippen molar-refractivity contribution in [2.45, 2.75) is 25.8 Å². The first-order chi connectivity index (χ1) is 6.31. The van der Waals surface area contributed by atoms with E-state index in [2.05, 4.69) is 57.2 Å². The van der Waals surface area contributed by atoms with Gasteiger partial charge < -0.3 is 0 Å². The molecule has 1 aromatic rings. The fourth-order valence-electron chi connectivity index (χ4n) is 2.01.